The molecule has 0 heterocycles. The standard InChI is InChI=1S/C15H15F2NO/c1-10(18)12-2-4-15(5-3-12)19-9-11-6-13(16)8-14(17)7-11/h2-8,10H,9,18H2,1H3/t10-/m0/s1. The average molecular weight is 263 g/mol. The molecule has 4 heteroatoms. The molecule has 0 amide bonds. The number of nitrogens with two attached hydrogens (primary N) is 1. The van der Waals surface area contributed by atoms with E-state index in [2.05, 4.69) is 0 Å². The van der Waals surface area contributed by atoms with Crippen LogP contribution in [-0.2, 0) is 6.61 Å². The van der Waals surface area contributed by atoms with Gasteiger partial charge in [-0.3, -0.25) is 0 Å². The summed E-state index contributed by atoms with van der Waals surface area (Å²) in [4.78, 5) is 0. The molecule has 0 aliphatic carbocycles. The quantitative estimate of drug-likeness (QED) is 0.915. The molecule has 0 saturated heterocycles. The lowest BCUT2D eigenvalue weighted by atomic mass is 10.1. The fourth-order valence-corrected chi connectivity index (χ4v) is 1.73. The van der Waals surface area contributed by atoms with Gasteiger partial charge in [0.05, 0.1) is 0 Å². The maximum atomic E-state index is 13.0. The molecule has 2 N–H and O–H groups in total. The Bertz CT molecular complexity index is 532. The smallest absolute Gasteiger partial charge is 0.126 e. The minimum absolute atomic E-state index is 0.0358. The van der Waals surface area contributed by atoms with E-state index in [0.29, 0.717) is 11.3 Å². The molecule has 19 heavy (non-hydrogen) atoms. The molecule has 0 fully saturated rings. The zero-order valence-corrected chi connectivity index (χ0v) is 10.6. The Labute approximate surface area is 110 Å². The lowest BCUT2D eigenvalue weighted by molar-refractivity contribution is 0.304. The van der Waals surface area contributed by atoms with E-state index in [9.17, 15) is 8.78 Å². The van der Waals surface area contributed by atoms with Gasteiger partial charge < -0.3 is 10.5 Å². The van der Waals surface area contributed by atoms with Crippen LogP contribution in [0, 0.1) is 11.6 Å². The van der Waals surface area contributed by atoms with E-state index in [1.807, 2.05) is 19.1 Å². The second-order valence-corrected chi connectivity index (χ2v) is 4.42. The van der Waals surface area contributed by atoms with Crippen molar-refractivity contribution in [3.63, 3.8) is 0 Å². The van der Waals surface area contributed by atoms with Crippen LogP contribution in [0.4, 0.5) is 8.78 Å². The fraction of sp³-hybridized carbons (Fsp3) is 0.200. The Morgan fingerprint density at radius 1 is 1.05 bits per heavy atom. The summed E-state index contributed by atoms with van der Waals surface area (Å²) in [6.07, 6.45) is 0. The van der Waals surface area contributed by atoms with Gasteiger partial charge in [-0.15, -0.1) is 0 Å². The van der Waals surface area contributed by atoms with Gasteiger partial charge in [0.25, 0.3) is 0 Å². The van der Waals surface area contributed by atoms with Gasteiger partial charge in [-0.05, 0) is 42.3 Å². The summed E-state index contributed by atoms with van der Waals surface area (Å²) in [5, 5.41) is 0. The van der Waals surface area contributed by atoms with E-state index in [-0.39, 0.29) is 12.6 Å². The van der Waals surface area contributed by atoms with Crippen LogP contribution in [-0.4, -0.2) is 0 Å². The van der Waals surface area contributed by atoms with Crippen molar-refractivity contribution in [2.75, 3.05) is 0 Å². The molecule has 100 valence electrons. The van der Waals surface area contributed by atoms with Crippen LogP contribution in [0.15, 0.2) is 42.5 Å². The molecule has 1 atom stereocenters. The van der Waals surface area contributed by atoms with E-state index >= 15 is 0 Å². The second kappa shape index (κ2) is 5.80. The monoisotopic (exact) mass is 263 g/mol. The molecule has 2 nitrogen and oxygen atoms in total. The number of ether oxygens (including phenoxy) is 1. The van der Waals surface area contributed by atoms with E-state index in [1.54, 1.807) is 12.1 Å². The van der Waals surface area contributed by atoms with Crippen LogP contribution < -0.4 is 10.5 Å². The van der Waals surface area contributed by atoms with E-state index < -0.39 is 11.6 Å². The van der Waals surface area contributed by atoms with Gasteiger partial charge in [-0.2, -0.15) is 0 Å². The van der Waals surface area contributed by atoms with E-state index in [1.165, 1.54) is 12.1 Å². The van der Waals surface area contributed by atoms with Crippen molar-refractivity contribution in [3.8, 4) is 5.75 Å². The summed E-state index contributed by atoms with van der Waals surface area (Å²) >= 11 is 0. The summed E-state index contributed by atoms with van der Waals surface area (Å²) in [5.41, 5.74) is 7.19. The Morgan fingerprint density at radius 2 is 1.63 bits per heavy atom. The van der Waals surface area contributed by atoms with Gasteiger partial charge >= 0.3 is 0 Å². The topological polar surface area (TPSA) is 35.2 Å². The van der Waals surface area contributed by atoms with Gasteiger partial charge in [-0.1, -0.05) is 12.1 Å². The van der Waals surface area contributed by atoms with Crippen molar-refractivity contribution in [1.29, 1.82) is 0 Å². The highest BCUT2D eigenvalue weighted by Gasteiger charge is 2.03. The Hall–Kier alpha value is -1.94. The molecule has 0 aliphatic heterocycles. The minimum atomic E-state index is -0.606. The van der Waals surface area contributed by atoms with Crippen LogP contribution >= 0.6 is 0 Å². The SMILES string of the molecule is C[C@H](N)c1ccc(OCc2cc(F)cc(F)c2)cc1. The molecule has 0 aliphatic rings. The summed E-state index contributed by atoms with van der Waals surface area (Å²) in [5.74, 6) is -0.578. The van der Waals surface area contributed by atoms with Crippen LogP contribution in [0.2, 0.25) is 0 Å². The highest BCUT2D eigenvalue weighted by atomic mass is 19.1. The lowest BCUT2D eigenvalue weighted by Crippen LogP contribution is -2.04. The second-order valence-electron chi connectivity index (χ2n) is 4.42. The number of halogens is 2. The first kappa shape index (κ1) is 13.5. The van der Waals surface area contributed by atoms with Gasteiger partial charge in [0.2, 0.25) is 0 Å². The summed E-state index contributed by atoms with van der Waals surface area (Å²) in [6.45, 7) is 2.01. The van der Waals surface area contributed by atoms with Gasteiger partial charge in [0, 0.05) is 12.1 Å². The van der Waals surface area contributed by atoms with Crippen LogP contribution in [0.25, 0.3) is 0 Å². The summed E-state index contributed by atoms with van der Waals surface area (Å²) in [6, 6.07) is 10.6. The first-order valence-electron chi connectivity index (χ1n) is 5.98. The molecule has 0 aromatic heterocycles. The number of hydrogen-bond acceptors (Lipinski definition) is 2. The third-order valence-corrected chi connectivity index (χ3v) is 2.73. The molecule has 0 bridgehead atoms. The van der Waals surface area contributed by atoms with Crippen molar-refractivity contribution in [2.45, 2.75) is 19.6 Å². The lowest BCUT2D eigenvalue weighted by Gasteiger charge is -2.09. The van der Waals surface area contributed by atoms with Crippen molar-refractivity contribution >= 4 is 0 Å². The average Bonchev–Trinajstić information content (AvgIpc) is 2.36. The first-order chi connectivity index (χ1) is 9.04. The van der Waals surface area contributed by atoms with Crippen LogP contribution in [0.1, 0.15) is 24.1 Å². The van der Waals surface area contributed by atoms with Crippen molar-refractivity contribution in [1.82, 2.24) is 0 Å². The fourth-order valence-electron chi connectivity index (χ4n) is 1.73. The van der Waals surface area contributed by atoms with E-state index in [0.717, 1.165) is 11.6 Å². The Morgan fingerprint density at radius 3 is 2.16 bits per heavy atom. The normalized spacial score (nSPS) is 12.2. The van der Waals surface area contributed by atoms with Crippen molar-refractivity contribution < 1.29 is 13.5 Å². The maximum Gasteiger partial charge on any atom is 0.126 e. The predicted molar refractivity (Wildman–Crippen MR) is 69.7 cm³/mol. The number of benzene rings is 2. The highest BCUT2D eigenvalue weighted by Crippen LogP contribution is 2.18. The Balaban J connectivity index is 2.02. The third kappa shape index (κ3) is 3.76. The van der Waals surface area contributed by atoms with Gasteiger partial charge in [0.1, 0.15) is 24.0 Å². The molecule has 2 aromatic rings. The molecule has 2 aromatic carbocycles. The highest BCUT2D eigenvalue weighted by molar-refractivity contribution is 5.29. The zero-order chi connectivity index (χ0) is 13.8. The van der Waals surface area contributed by atoms with Gasteiger partial charge in [0.15, 0.2) is 0 Å². The molecular weight excluding hydrogens is 248 g/mol. The summed E-state index contributed by atoms with van der Waals surface area (Å²) in [7, 11) is 0. The Kier molecular flexibility index (Phi) is 4.12. The van der Waals surface area contributed by atoms with Crippen LogP contribution in [0.5, 0.6) is 5.75 Å². The molecule has 2 rings (SSSR count). The van der Waals surface area contributed by atoms with Crippen LogP contribution in [0.3, 0.4) is 0 Å². The number of rotatable bonds is 4. The minimum Gasteiger partial charge on any atom is -0.489 e. The molecule has 0 unspecified atom stereocenters. The zero-order valence-electron chi connectivity index (χ0n) is 10.6. The first-order valence-corrected chi connectivity index (χ1v) is 5.98. The molecular formula is C15H15F2NO. The van der Waals surface area contributed by atoms with Gasteiger partial charge in [-0.25, -0.2) is 8.78 Å². The molecule has 0 radical (unpaired) electrons. The molecule has 0 spiro atoms. The maximum absolute atomic E-state index is 13.0. The van der Waals surface area contributed by atoms with Crippen molar-refractivity contribution in [2.24, 2.45) is 5.73 Å². The van der Waals surface area contributed by atoms with Crippen molar-refractivity contribution in [3.05, 3.63) is 65.2 Å². The predicted octanol–water partition coefficient (Wildman–Crippen LogP) is 3.56. The molecule has 0 saturated carbocycles. The van der Waals surface area contributed by atoms with E-state index in [4.69, 9.17) is 10.5 Å². The number of hydrogen-bond donors (Lipinski definition) is 1. The summed E-state index contributed by atoms with van der Waals surface area (Å²) < 4.78 is 31.4. The third-order valence-electron chi connectivity index (χ3n) is 2.73. The largest absolute Gasteiger partial charge is 0.489 e.